The van der Waals surface area contributed by atoms with Gasteiger partial charge in [-0.15, -0.1) is 48.5 Å². The minimum absolute atomic E-state index is 0. The maximum atomic E-state index is 12.1. The van der Waals surface area contributed by atoms with Gasteiger partial charge in [-0.1, -0.05) is 30.3 Å². The van der Waals surface area contributed by atoms with Crippen molar-refractivity contribution in [2.75, 3.05) is 6.54 Å². The van der Waals surface area contributed by atoms with Gasteiger partial charge in [-0.3, -0.25) is 0 Å². The van der Waals surface area contributed by atoms with Crippen molar-refractivity contribution >= 4 is 51.4 Å². The van der Waals surface area contributed by atoms with E-state index in [4.69, 9.17) is 5.73 Å². The van der Waals surface area contributed by atoms with Crippen LogP contribution in [0, 0.1) is 0 Å². The lowest BCUT2D eigenvalue weighted by atomic mass is 10.2. The number of nitrogens with zero attached hydrogens (tertiary/aromatic N) is 1. The molecule has 0 aliphatic carbocycles. The van der Waals surface area contributed by atoms with Crippen molar-refractivity contribution < 1.29 is 23.0 Å². The van der Waals surface area contributed by atoms with Crippen LogP contribution in [0.25, 0.3) is 10.1 Å². The van der Waals surface area contributed by atoms with Crippen molar-refractivity contribution in [3.05, 3.63) is 65.0 Å². The smallest absolute Gasteiger partial charge is 0.406 e. The van der Waals surface area contributed by atoms with Crippen LogP contribution in [-0.4, -0.2) is 24.0 Å². The largest absolute Gasteiger partial charge is 0.573 e. The zero-order chi connectivity index (χ0) is 20.1. The average Bonchev–Trinajstić information content (AvgIpc) is 3.08. The molecule has 3 aromatic rings. The number of aliphatic hydroxyl groups excluding tert-OH is 1. The van der Waals surface area contributed by atoms with Crippen LogP contribution >= 0.6 is 35.3 Å². The predicted molar refractivity (Wildman–Crippen MR) is 119 cm³/mol. The molecule has 0 radical (unpaired) electrons. The lowest BCUT2D eigenvalue weighted by Crippen LogP contribution is -2.34. The van der Waals surface area contributed by atoms with Crippen LogP contribution < -0.4 is 15.8 Å². The number of alkyl halides is 3. The molecule has 0 amide bonds. The van der Waals surface area contributed by atoms with Crippen molar-refractivity contribution in [3.8, 4) is 5.75 Å². The molecule has 0 fully saturated rings. The summed E-state index contributed by atoms with van der Waals surface area (Å²) < 4.78 is 41.3. The highest BCUT2D eigenvalue weighted by molar-refractivity contribution is 14.0. The van der Waals surface area contributed by atoms with Crippen molar-refractivity contribution in [1.29, 1.82) is 0 Å². The number of ether oxygens (including phenoxy) is 1. The number of aliphatic imine (C=N–C) groups is 1. The van der Waals surface area contributed by atoms with Crippen LogP contribution in [0.15, 0.2) is 59.6 Å². The molecule has 1 aromatic heterocycles. The Bertz CT molecular complexity index is 928. The molecule has 0 aliphatic rings. The summed E-state index contributed by atoms with van der Waals surface area (Å²) in [6.45, 7) is 0.380. The first-order valence-electron chi connectivity index (χ1n) is 8.35. The van der Waals surface area contributed by atoms with Gasteiger partial charge >= 0.3 is 6.36 Å². The number of hydrogen-bond donors (Lipinski definition) is 3. The molecule has 0 bridgehead atoms. The Morgan fingerprint density at radius 1 is 1.17 bits per heavy atom. The second kappa shape index (κ2) is 10.1. The van der Waals surface area contributed by atoms with Gasteiger partial charge in [0.25, 0.3) is 0 Å². The molecular weight excluding hydrogens is 518 g/mol. The van der Waals surface area contributed by atoms with Crippen molar-refractivity contribution in [2.45, 2.75) is 19.0 Å². The quantitative estimate of drug-likeness (QED) is 0.245. The number of fused-ring (bicyclic) bond motifs is 1. The van der Waals surface area contributed by atoms with Gasteiger partial charge < -0.3 is 20.9 Å². The highest BCUT2D eigenvalue weighted by Crippen LogP contribution is 2.29. The number of aliphatic hydroxyl groups is 1. The SMILES string of the molecule is I.NC(=NCc1ccc(OC(F)(F)F)cc1)NCC(O)c1cc2ccccc2s1. The topological polar surface area (TPSA) is 79.9 Å². The molecule has 29 heavy (non-hydrogen) atoms. The Kier molecular flexibility index (Phi) is 8.11. The first-order valence-corrected chi connectivity index (χ1v) is 9.17. The molecule has 0 spiro atoms. The van der Waals surface area contributed by atoms with Gasteiger partial charge in [0, 0.05) is 16.1 Å². The lowest BCUT2D eigenvalue weighted by molar-refractivity contribution is -0.274. The summed E-state index contributed by atoms with van der Waals surface area (Å²) in [5, 5.41) is 14.2. The van der Waals surface area contributed by atoms with E-state index in [1.165, 1.54) is 35.6 Å². The van der Waals surface area contributed by atoms with Gasteiger partial charge in [0.15, 0.2) is 5.96 Å². The van der Waals surface area contributed by atoms with Crippen molar-refractivity contribution in [1.82, 2.24) is 5.32 Å². The van der Waals surface area contributed by atoms with E-state index in [0.29, 0.717) is 5.56 Å². The zero-order valence-electron chi connectivity index (χ0n) is 15.0. The molecule has 10 heteroatoms. The van der Waals surface area contributed by atoms with Crippen LogP contribution in [-0.2, 0) is 6.54 Å². The van der Waals surface area contributed by atoms with E-state index in [-0.39, 0.29) is 48.8 Å². The Morgan fingerprint density at radius 3 is 2.52 bits per heavy atom. The van der Waals surface area contributed by atoms with E-state index in [1.807, 2.05) is 30.3 Å². The number of nitrogens with two attached hydrogens (primary N) is 1. The van der Waals surface area contributed by atoms with Gasteiger partial charge in [-0.05, 0) is 35.2 Å². The Hall–Kier alpha value is -2.05. The Balaban J connectivity index is 0.00000300. The van der Waals surface area contributed by atoms with Gasteiger partial charge in [-0.2, -0.15) is 0 Å². The van der Waals surface area contributed by atoms with Crippen LogP contribution in [0.1, 0.15) is 16.5 Å². The molecule has 1 atom stereocenters. The fourth-order valence-electron chi connectivity index (χ4n) is 2.50. The molecule has 5 nitrogen and oxygen atoms in total. The van der Waals surface area contributed by atoms with E-state index >= 15 is 0 Å². The number of thiophene rings is 1. The summed E-state index contributed by atoms with van der Waals surface area (Å²) in [7, 11) is 0. The number of hydrogen-bond acceptors (Lipinski definition) is 4. The van der Waals surface area contributed by atoms with Crippen molar-refractivity contribution in [2.24, 2.45) is 10.7 Å². The predicted octanol–water partition coefficient (Wildman–Crippen LogP) is 4.56. The summed E-state index contributed by atoms with van der Waals surface area (Å²) in [6, 6.07) is 15.2. The summed E-state index contributed by atoms with van der Waals surface area (Å²) in [4.78, 5) is 4.94. The fraction of sp³-hybridized carbons (Fsp3) is 0.211. The van der Waals surface area contributed by atoms with E-state index in [1.54, 1.807) is 0 Å². The van der Waals surface area contributed by atoms with E-state index in [9.17, 15) is 18.3 Å². The molecule has 1 heterocycles. The maximum absolute atomic E-state index is 12.1. The van der Waals surface area contributed by atoms with Crippen LogP contribution in [0.2, 0.25) is 0 Å². The molecule has 3 rings (SSSR count). The van der Waals surface area contributed by atoms with Crippen LogP contribution in [0.3, 0.4) is 0 Å². The highest BCUT2D eigenvalue weighted by atomic mass is 127. The van der Waals surface area contributed by atoms with Gasteiger partial charge in [0.2, 0.25) is 0 Å². The number of guanidine groups is 1. The second-order valence-corrected chi connectivity index (χ2v) is 7.09. The van der Waals surface area contributed by atoms with E-state index in [0.717, 1.165) is 15.0 Å². The second-order valence-electron chi connectivity index (χ2n) is 5.98. The minimum atomic E-state index is -4.72. The summed E-state index contributed by atoms with van der Waals surface area (Å²) in [6.07, 6.45) is -5.45. The normalized spacial score (nSPS) is 13.0. The molecule has 2 aromatic carbocycles. The molecule has 1 unspecified atom stereocenters. The molecule has 0 saturated carbocycles. The molecule has 4 N–H and O–H groups in total. The first-order chi connectivity index (χ1) is 13.3. The monoisotopic (exact) mass is 537 g/mol. The zero-order valence-corrected chi connectivity index (χ0v) is 18.2. The van der Waals surface area contributed by atoms with Gasteiger partial charge in [-0.25, -0.2) is 4.99 Å². The molecule has 0 saturated heterocycles. The third-order valence-electron chi connectivity index (χ3n) is 3.84. The van der Waals surface area contributed by atoms with Crippen LogP contribution in [0.4, 0.5) is 13.2 Å². The van der Waals surface area contributed by atoms with E-state index < -0.39 is 12.5 Å². The summed E-state index contributed by atoms with van der Waals surface area (Å²) >= 11 is 1.51. The number of halogens is 4. The van der Waals surface area contributed by atoms with Gasteiger partial charge in [0.05, 0.1) is 6.54 Å². The average molecular weight is 537 g/mol. The first kappa shape index (κ1) is 23.2. The van der Waals surface area contributed by atoms with E-state index in [2.05, 4.69) is 15.0 Å². The summed E-state index contributed by atoms with van der Waals surface area (Å²) in [5.74, 6) is -0.159. The fourth-order valence-corrected chi connectivity index (χ4v) is 3.55. The number of benzene rings is 2. The lowest BCUT2D eigenvalue weighted by Gasteiger charge is -2.11. The number of nitrogens with one attached hydrogen (secondary N) is 1. The summed E-state index contributed by atoms with van der Waals surface area (Å²) in [5.41, 5.74) is 6.46. The third kappa shape index (κ3) is 7.05. The van der Waals surface area contributed by atoms with Gasteiger partial charge in [0.1, 0.15) is 11.9 Å². The number of rotatable bonds is 6. The minimum Gasteiger partial charge on any atom is -0.406 e. The Labute approximate surface area is 186 Å². The molecule has 156 valence electrons. The molecular formula is C19H19F3IN3O2S. The van der Waals surface area contributed by atoms with Crippen molar-refractivity contribution in [3.63, 3.8) is 0 Å². The standard InChI is InChI=1S/C19H18F3N3O2S.HI/c20-19(21,22)27-14-7-5-12(6-8-14)10-24-18(23)25-11-15(26)17-9-13-3-1-2-4-16(13)28-17;/h1-9,15,26H,10-11H2,(H3,23,24,25);1H. The maximum Gasteiger partial charge on any atom is 0.573 e. The van der Waals surface area contributed by atoms with Crippen LogP contribution in [0.5, 0.6) is 5.75 Å². The third-order valence-corrected chi connectivity index (χ3v) is 5.06. The highest BCUT2D eigenvalue weighted by Gasteiger charge is 2.30. The Morgan fingerprint density at radius 2 is 1.86 bits per heavy atom. The molecule has 0 aliphatic heterocycles.